The molecule has 4 heterocycles. The Balaban J connectivity index is 1.52. The van der Waals surface area contributed by atoms with Gasteiger partial charge >= 0.3 is 6.18 Å². The van der Waals surface area contributed by atoms with Crippen molar-refractivity contribution in [2.45, 2.75) is 51.5 Å². The van der Waals surface area contributed by atoms with E-state index in [0.717, 1.165) is 30.8 Å². The number of rotatable bonds is 8. The molecule has 2 N–H and O–H groups in total. The molecular formula is C23H26ClF3N6O3S. The summed E-state index contributed by atoms with van der Waals surface area (Å²) in [6, 6.07) is 6.67. The van der Waals surface area contributed by atoms with Gasteiger partial charge in [-0.2, -0.15) is 18.3 Å². The molecule has 9 nitrogen and oxygen atoms in total. The maximum atomic E-state index is 13.2. The smallest absolute Gasteiger partial charge is 0.355 e. The number of thiophene rings is 1. The topological polar surface area (TPSA) is 105 Å². The molecule has 0 aromatic carbocycles. The van der Waals surface area contributed by atoms with Crippen LogP contribution in [0, 0.1) is 0 Å². The molecule has 0 radical (unpaired) electrons. The third-order valence-corrected chi connectivity index (χ3v) is 7.22. The van der Waals surface area contributed by atoms with Gasteiger partial charge in [0, 0.05) is 37.3 Å². The molecule has 0 unspecified atom stereocenters. The second-order valence-corrected chi connectivity index (χ2v) is 10.7. The van der Waals surface area contributed by atoms with Crippen LogP contribution in [0.3, 0.4) is 0 Å². The van der Waals surface area contributed by atoms with E-state index in [1.807, 2.05) is 0 Å². The van der Waals surface area contributed by atoms with E-state index in [0.29, 0.717) is 21.8 Å². The molecule has 0 bridgehead atoms. The fourth-order valence-electron chi connectivity index (χ4n) is 4.02. The minimum absolute atomic E-state index is 0.0344. The van der Waals surface area contributed by atoms with Crippen LogP contribution in [0.2, 0.25) is 4.34 Å². The summed E-state index contributed by atoms with van der Waals surface area (Å²) in [4.78, 5) is 28.6. The molecule has 1 saturated heterocycles. The predicted molar refractivity (Wildman–Crippen MR) is 132 cm³/mol. The molecule has 1 fully saturated rings. The zero-order chi connectivity index (χ0) is 26.7. The zero-order valence-electron chi connectivity index (χ0n) is 20.1. The minimum Gasteiger partial charge on any atom is -0.355 e. The van der Waals surface area contributed by atoms with Gasteiger partial charge in [-0.15, -0.1) is 11.3 Å². The van der Waals surface area contributed by atoms with E-state index < -0.39 is 24.5 Å². The summed E-state index contributed by atoms with van der Waals surface area (Å²) < 4.78 is 44.9. The standard InChI is InChI=1S/C23H26ClF3N6O3S/c1-13(2)32-7-5-14(6-8-32)29-22(35)17-10-16(21(34)28-12-23(25,26)27)30-33(17)11-15-9-18(36-31-15)19-3-4-20(24)37-19/h3-4,9-10,13-14H,5-8,11-12H2,1-2H3,(H,28,34)(H,29,35). The van der Waals surface area contributed by atoms with Gasteiger partial charge in [0.2, 0.25) is 0 Å². The molecule has 37 heavy (non-hydrogen) atoms. The maximum Gasteiger partial charge on any atom is 0.405 e. The first kappa shape index (κ1) is 27.1. The number of aromatic nitrogens is 3. The molecule has 1 aliphatic rings. The average Bonchev–Trinajstić information content (AvgIpc) is 3.57. The molecule has 4 rings (SSSR count). The summed E-state index contributed by atoms with van der Waals surface area (Å²) in [6.07, 6.45) is -3.06. The van der Waals surface area contributed by atoms with Gasteiger partial charge in [0.1, 0.15) is 17.9 Å². The summed E-state index contributed by atoms with van der Waals surface area (Å²) in [7, 11) is 0. The maximum absolute atomic E-state index is 13.2. The lowest BCUT2D eigenvalue weighted by atomic mass is 10.0. The van der Waals surface area contributed by atoms with Crippen LogP contribution in [0.5, 0.6) is 0 Å². The second kappa shape index (κ2) is 11.2. The molecule has 0 spiro atoms. The molecule has 0 atom stereocenters. The first-order valence-electron chi connectivity index (χ1n) is 11.7. The number of carbonyl (C=O) groups is 2. The Labute approximate surface area is 219 Å². The summed E-state index contributed by atoms with van der Waals surface area (Å²) in [5.74, 6) is -1.05. The van der Waals surface area contributed by atoms with Crippen molar-refractivity contribution in [1.82, 2.24) is 30.5 Å². The highest BCUT2D eigenvalue weighted by Crippen LogP contribution is 2.31. The summed E-state index contributed by atoms with van der Waals surface area (Å²) >= 11 is 7.28. The lowest BCUT2D eigenvalue weighted by molar-refractivity contribution is -0.123. The highest BCUT2D eigenvalue weighted by atomic mass is 35.5. The third-order valence-electron chi connectivity index (χ3n) is 5.98. The molecular weight excluding hydrogens is 533 g/mol. The quantitative estimate of drug-likeness (QED) is 0.429. The van der Waals surface area contributed by atoms with Gasteiger partial charge < -0.3 is 20.1 Å². The molecule has 0 aliphatic carbocycles. The number of alkyl halides is 3. The van der Waals surface area contributed by atoms with Crippen molar-refractivity contribution < 1.29 is 27.3 Å². The third kappa shape index (κ3) is 7.11. The van der Waals surface area contributed by atoms with Gasteiger partial charge in [-0.25, -0.2) is 0 Å². The number of amides is 2. The van der Waals surface area contributed by atoms with E-state index in [1.165, 1.54) is 22.1 Å². The van der Waals surface area contributed by atoms with Crippen LogP contribution in [-0.2, 0) is 6.54 Å². The Morgan fingerprint density at radius 3 is 2.57 bits per heavy atom. The van der Waals surface area contributed by atoms with Gasteiger partial charge in [0.15, 0.2) is 11.5 Å². The number of piperidine rings is 1. The van der Waals surface area contributed by atoms with E-state index in [1.54, 1.807) is 23.5 Å². The number of likely N-dealkylation sites (tertiary alicyclic amines) is 1. The molecule has 2 amide bonds. The first-order valence-corrected chi connectivity index (χ1v) is 12.9. The zero-order valence-corrected chi connectivity index (χ0v) is 21.7. The minimum atomic E-state index is -4.58. The van der Waals surface area contributed by atoms with Crippen LogP contribution in [0.15, 0.2) is 28.8 Å². The fourth-order valence-corrected chi connectivity index (χ4v) is 5.02. The molecule has 200 valence electrons. The molecule has 0 saturated carbocycles. The number of hydrogen-bond acceptors (Lipinski definition) is 7. The van der Waals surface area contributed by atoms with E-state index in [9.17, 15) is 22.8 Å². The molecule has 1 aliphatic heterocycles. The van der Waals surface area contributed by atoms with Gasteiger partial charge in [0.05, 0.1) is 15.8 Å². The van der Waals surface area contributed by atoms with Gasteiger partial charge in [0.25, 0.3) is 11.8 Å². The van der Waals surface area contributed by atoms with Crippen molar-refractivity contribution in [3.05, 3.63) is 45.7 Å². The fraction of sp³-hybridized carbons (Fsp3) is 0.478. The number of hydrogen-bond donors (Lipinski definition) is 2. The molecule has 3 aromatic heterocycles. The Bertz CT molecular complexity index is 1250. The van der Waals surface area contributed by atoms with Crippen molar-refractivity contribution in [1.29, 1.82) is 0 Å². The highest BCUT2D eigenvalue weighted by Gasteiger charge is 2.30. The van der Waals surface area contributed by atoms with Crippen LogP contribution >= 0.6 is 22.9 Å². The number of nitrogens with zero attached hydrogens (tertiary/aromatic N) is 4. The monoisotopic (exact) mass is 558 g/mol. The van der Waals surface area contributed by atoms with E-state index in [4.69, 9.17) is 16.1 Å². The summed E-state index contributed by atoms with van der Waals surface area (Å²) in [5.41, 5.74) is 0.133. The first-order chi connectivity index (χ1) is 17.5. The Morgan fingerprint density at radius 1 is 1.22 bits per heavy atom. The van der Waals surface area contributed by atoms with Gasteiger partial charge in [-0.1, -0.05) is 16.8 Å². The van der Waals surface area contributed by atoms with Crippen molar-refractivity contribution >= 4 is 34.8 Å². The van der Waals surface area contributed by atoms with Crippen molar-refractivity contribution in [3.8, 4) is 10.6 Å². The van der Waals surface area contributed by atoms with Gasteiger partial charge in [-0.05, 0) is 38.8 Å². The van der Waals surface area contributed by atoms with Crippen LogP contribution in [-0.4, -0.2) is 69.5 Å². The van der Waals surface area contributed by atoms with E-state index >= 15 is 0 Å². The van der Waals surface area contributed by atoms with Crippen molar-refractivity contribution in [3.63, 3.8) is 0 Å². The van der Waals surface area contributed by atoms with Crippen molar-refractivity contribution in [2.24, 2.45) is 0 Å². The lowest BCUT2D eigenvalue weighted by Gasteiger charge is -2.34. The van der Waals surface area contributed by atoms with Crippen LogP contribution in [0.1, 0.15) is 53.4 Å². The summed E-state index contributed by atoms with van der Waals surface area (Å²) in [5, 5.41) is 12.9. The van der Waals surface area contributed by atoms with Gasteiger partial charge in [-0.3, -0.25) is 14.3 Å². The normalized spacial score (nSPS) is 15.3. The Hall–Kier alpha value is -2.90. The average molecular weight is 559 g/mol. The van der Waals surface area contributed by atoms with E-state index in [-0.39, 0.29) is 24.0 Å². The van der Waals surface area contributed by atoms with Crippen LogP contribution in [0.25, 0.3) is 10.6 Å². The predicted octanol–water partition coefficient (Wildman–Crippen LogP) is 4.20. The lowest BCUT2D eigenvalue weighted by Crippen LogP contribution is -2.46. The van der Waals surface area contributed by atoms with Crippen LogP contribution < -0.4 is 10.6 Å². The Kier molecular flexibility index (Phi) is 8.24. The molecule has 14 heteroatoms. The SMILES string of the molecule is CC(C)N1CCC(NC(=O)c2cc(C(=O)NCC(F)(F)F)nn2Cc2cc(-c3ccc(Cl)s3)on2)CC1. The number of carbonyl (C=O) groups excluding carboxylic acids is 2. The Morgan fingerprint density at radius 2 is 1.95 bits per heavy atom. The number of halogens is 4. The molecule has 3 aromatic rings. The van der Waals surface area contributed by atoms with Crippen LogP contribution in [0.4, 0.5) is 13.2 Å². The van der Waals surface area contributed by atoms with Crippen molar-refractivity contribution in [2.75, 3.05) is 19.6 Å². The summed E-state index contributed by atoms with van der Waals surface area (Å²) in [6.45, 7) is 4.35. The largest absolute Gasteiger partial charge is 0.405 e. The highest BCUT2D eigenvalue weighted by molar-refractivity contribution is 7.19. The van der Waals surface area contributed by atoms with E-state index in [2.05, 4.69) is 34.3 Å². The second-order valence-electron chi connectivity index (χ2n) is 9.03. The number of nitrogens with one attached hydrogen (secondary N) is 2.